The standard InChI is InChI=1S/C22H20Cl2N2O4S/c1-30-17-8-10-18(11-9-17)31(28,29)26-21(13-15-5-3-2-4-6-15)22(27)25-20-12-7-16(23)14-19(20)24/h2-12,14,21,26H,13H2,1H3,(H,25,27). The number of ether oxygens (including phenoxy) is 1. The van der Waals surface area contributed by atoms with Gasteiger partial charge in [-0.15, -0.1) is 0 Å². The van der Waals surface area contributed by atoms with E-state index in [4.69, 9.17) is 27.9 Å². The third-order valence-corrected chi connectivity index (χ3v) is 6.49. The van der Waals surface area contributed by atoms with E-state index in [0.717, 1.165) is 5.56 Å². The third-order valence-electron chi connectivity index (χ3n) is 4.46. The van der Waals surface area contributed by atoms with E-state index in [0.29, 0.717) is 16.5 Å². The van der Waals surface area contributed by atoms with Crippen LogP contribution >= 0.6 is 23.2 Å². The first-order chi connectivity index (χ1) is 14.8. The molecule has 1 atom stereocenters. The van der Waals surface area contributed by atoms with Crippen molar-refractivity contribution < 1.29 is 17.9 Å². The van der Waals surface area contributed by atoms with E-state index in [1.807, 2.05) is 30.3 Å². The summed E-state index contributed by atoms with van der Waals surface area (Å²) in [6.45, 7) is 0. The molecule has 1 unspecified atom stereocenters. The SMILES string of the molecule is COc1ccc(S(=O)(=O)NC(Cc2ccccc2)C(=O)Nc2ccc(Cl)cc2Cl)cc1. The summed E-state index contributed by atoms with van der Waals surface area (Å²) in [6.07, 6.45) is 0.146. The second-order valence-corrected chi connectivity index (χ2v) is 9.21. The van der Waals surface area contributed by atoms with Crippen molar-refractivity contribution in [3.05, 3.63) is 88.4 Å². The summed E-state index contributed by atoms with van der Waals surface area (Å²) < 4.78 is 33.4. The fraction of sp³-hybridized carbons (Fsp3) is 0.136. The maximum Gasteiger partial charge on any atom is 0.242 e. The van der Waals surface area contributed by atoms with Gasteiger partial charge in [0, 0.05) is 5.02 Å². The summed E-state index contributed by atoms with van der Waals surface area (Å²) in [4.78, 5) is 13.0. The van der Waals surface area contributed by atoms with Crippen LogP contribution in [-0.2, 0) is 21.2 Å². The van der Waals surface area contributed by atoms with Gasteiger partial charge in [0.25, 0.3) is 0 Å². The number of rotatable bonds is 8. The van der Waals surface area contributed by atoms with Crippen LogP contribution in [0.1, 0.15) is 5.56 Å². The van der Waals surface area contributed by atoms with Crippen LogP contribution in [0.3, 0.4) is 0 Å². The lowest BCUT2D eigenvalue weighted by atomic mass is 10.1. The van der Waals surface area contributed by atoms with E-state index in [9.17, 15) is 13.2 Å². The molecule has 0 aliphatic heterocycles. The van der Waals surface area contributed by atoms with Gasteiger partial charge in [0.1, 0.15) is 11.8 Å². The molecule has 3 rings (SSSR count). The highest BCUT2D eigenvalue weighted by molar-refractivity contribution is 7.89. The Morgan fingerprint density at radius 3 is 2.29 bits per heavy atom. The monoisotopic (exact) mass is 478 g/mol. The number of hydrogen-bond acceptors (Lipinski definition) is 4. The molecule has 9 heteroatoms. The first-order valence-corrected chi connectivity index (χ1v) is 11.5. The van der Waals surface area contributed by atoms with Crippen molar-refractivity contribution in [2.45, 2.75) is 17.4 Å². The molecule has 0 radical (unpaired) electrons. The summed E-state index contributed by atoms with van der Waals surface area (Å²) in [5.74, 6) is -0.0277. The molecule has 3 aromatic rings. The average Bonchev–Trinajstić information content (AvgIpc) is 2.76. The van der Waals surface area contributed by atoms with Gasteiger partial charge in [0.2, 0.25) is 15.9 Å². The molecule has 0 aromatic heterocycles. The van der Waals surface area contributed by atoms with Crippen LogP contribution in [0, 0.1) is 0 Å². The minimum Gasteiger partial charge on any atom is -0.497 e. The highest BCUT2D eigenvalue weighted by Gasteiger charge is 2.26. The summed E-state index contributed by atoms with van der Waals surface area (Å²) >= 11 is 12.0. The summed E-state index contributed by atoms with van der Waals surface area (Å²) in [5.41, 5.74) is 1.13. The molecule has 0 aliphatic rings. The number of amides is 1. The average molecular weight is 479 g/mol. The van der Waals surface area contributed by atoms with Crippen LogP contribution in [0.25, 0.3) is 0 Å². The molecule has 0 fully saturated rings. The van der Waals surface area contributed by atoms with Gasteiger partial charge in [-0.2, -0.15) is 4.72 Å². The number of nitrogens with one attached hydrogen (secondary N) is 2. The van der Waals surface area contributed by atoms with Crippen molar-refractivity contribution in [3.63, 3.8) is 0 Å². The molecule has 2 N–H and O–H groups in total. The number of sulfonamides is 1. The van der Waals surface area contributed by atoms with E-state index < -0.39 is 22.0 Å². The molecule has 31 heavy (non-hydrogen) atoms. The van der Waals surface area contributed by atoms with Crippen molar-refractivity contribution in [3.8, 4) is 5.75 Å². The minimum atomic E-state index is -3.98. The van der Waals surface area contributed by atoms with Gasteiger partial charge in [-0.3, -0.25) is 4.79 Å². The Hall–Kier alpha value is -2.58. The first-order valence-electron chi connectivity index (χ1n) is 9.25. The van der Waals surface area contributed by atoms with Gasteiger partial charge in [-0.05, 0) is 54.4 Å². The molecule has 162 valence electrons. The highest BCUT2D eigenvalue weighted by atomic mass is 35.5. The second kappa shape index (κ2) is 10.2. The zero-order valence-electron chi connectivity index (χ0n) is 16.5. The van der Waals surface area contributed by atoms with Crippen molar-refractivity contribution in [1.29, 1.82) is 0 Å². The zero-order valence-corrected chi connectivity index (χ0v) is 18.8. The van der Waals surface area contributed by atoms with E-state index in [-0.39, 0.29) is 16.3 Å². The molecule has 0 bridgehead atoms. The van der Waals surface area contributed by atoms with Crippen molar-refractivity contribution in [2.75, 3.05) is 12.4 Å². The lowest BCUT2D eigenvalue weighted by molar-refractivity contribution is -0.117. The summed E-state index contributed by atoms with van der Waals surface area (Å²) in [7, 11) is -2.49. The first kappa shape index (κ1) is 23.1. The van der Waals surface area contributed by atoms with Crippen molar-refractivity contribution in [2.24, 2.45) is 0 Å². The Labute approximate surface area is 191 Å². The predicted octanol–water partition coefficient (Wildman–Crippen LogP) is 4.53. The Balaban J connectivity index is 1.87. The van der Waals surface area contributed by atoms with Crippen LogP contribution < -0.4 is 14.8 Å². The summed E-state index contributed by atoms with van der Waals surface area (Å²) in [5, 5.41) is 3.34. The van der Waals surface area contributed by atoms with Gasteiger partial charge >= 0.3 is 0 Å². The topological polar surface area (TPSA) is 84.5 Å². The number of methoxy groups -OCH3 is 1. The lowest BCUT2D eigenvalue weighted by Crippen LogP contribution is -2.45. The third kappa shape index (κ3) is 6.21. The van der Waals surface area contributed by atoms with Gasteiger partial charge in [-0.25, -0.2) is 8.42 Å². The molecule has 6 nitrogen and oxygen atoms in total. The number of anilines is 1. The Bertz CT molecular complexity index is 1150. The number of benzene rings is 3. The lowest BCUT2D eigenvalue weighted by Gasteiger charge is -2.19. The maximum absolute atomic E-state index is 13.0. The van der Waals surface area contributed by atoms with E-state index in [1.165, 1.54) is 37.4 Å². The fourth-order valence-electron chi connectivity index (χ4n) is 2.86. The molecule has 0 aliphatic carbocycles. The van der Waals surface area contributed by atoms with E-state index in [2.05, 4.69) is 10.0 Å². The van der Waals surface area contributed by atoms with Crippen molar-refractivity contribution >= 4 is 44.8 Å². The molecule has 0 saturated heterocycles. The van der Waals surface area contributed by atoms with E-state index >= 15 is 0 Å². The van der Waals surface area contributed by atoms with Crippen LogP contribution in [-0.4, -0.2) is 27.5 Å². The van der Waals surface area contributed by atoms with Crippen LogP contribution in [0.15, 0.2) is 77.7 Å². The largest absolute Gasteiger partial charge is 0.497 e. The van der Waals surface area contributed by atoms with Crippen LogP contribution in [0.4, 0.5) is 5.69 Å². The smallest absolute Gasteiger partial charge is 0.242 e. The van der Waals surface area contributed by atoms with Crippen molar-refractivity contribution in [1.82, 2.24) is 4.72 Å². The Morgan fingerprint density at radius 1 is 1.00 bits per heavy atom. The zero-order chi connectivity index (χ0) is 22.4. The molecule has 1 amide bonds. The highest BCUT2D eigenvalue weighted by Crippen LogP contribution is 2.26. The molecule has 0 saturated carbocycles. The van der Waals surface area contributed by atoms with Crippen LogP contribution in [0.2, 0.25) is 10.0 Å². The number of halogens is 2. The van der Waals surface area contributed by atoms with Gasteiger partial charge in [-0.1, -0.05) is 53.5 Å². The Kier molecular flexibility index (Phi) is 7.56. The number of carbonyl (C=O) groups is 1. The maximum atomic E-state index is 13.0. The molecular formula is C22H20Cl2N2O4S. The number of carbonyl (C=O) groups excluding carboxylic acids is 1. The Morgan fingerprint density at radius 2 is 1.68 bits per heavy atom. The predicted molar refractivity (Wildman–Crippen MR) is 122 cm³/mol. The minimum absolute atomic E-state index is 0.0173. The molecule has 3 aromatic carbocycles. The van der Waals surface area contributed by atoms with Gasteiger partial charge in [0.05, 0.1) is 22.7 Å². The second-order valence-electron chi connectivity index (χ2n) is 6.65. The number of hydrogen-bond donors (Lipinski definition) is 2. The quantitative estimate of drug-likeness (QED) is 0.497. The fourth-order valence-corrected chi connectivity index (χ4v) is 4.51. The van der Waals surface area contributed by atoms with Gasteiger partial charge < -0.3 is 10.1 Å². The van der Waals surface area contributed by atoms with Crippen LogP contribution in [0.5, 0.6) is 5.75 Å². The molecule has 0 heterocycles. The summed E-state index contributed by atoms with van der Waals surface area (Å²) in [6, 6.07) is 18.6. The molecule has 0 spiro atoms. The molecular weight excluding hydrogens is 459 g/mol. The normalized spacial score (nSPS) is 12.2. The van der Waals surface area contributed by atoms with E-state index in [1.54, 1.807) is 12.1 Å². The van der Waals surface area contributed by atoms with Gasteiger partial charge in [0.15, 0.2) is 0 Å².